The molecule has 1 aromatic heterocycles. The van der Waals surface area contributed by atoms with Gasteiger partial charge in [0.1, 0.15) is 5.75 Å². The topological polar surface area (TPSA) is 75.2 Å². The fraction of sp³-hybridized carbons (Fsp3) is 0.333. The molecule has 2 N–H and O–H groups in total. The normalized spacial score (nSPS) is 15.1. The number of aromatic amines is 1. The maximum atomic E-state index is 11.0. The van der Waals surface area contributed by atoms with Crippen molar-refractivity contribution in [3.63, 3.8) is 0 Å². The maximum Gasteiger partial charge on any atom is 0.357 e. The number of hydrogen-bond acceptors (Lipinski definition) is 3. The highest BCUT2D eigenvalue weighted by Crippen LogP contribution is 2.45. The fourth-order valence-electron chi connectivity index (χ4n) is 2.11. The minimum Gasteiger partial charge on any atom is -0.496 e. The minimum absolute atomic E-state index is 0.0737. The summed E-state index contributed by atoms with van der Waals surface area (Å²) in [6.45, 7) is 0. The fourth-order valence-corrected chi connectivity index (χ4v) is 2.11. The molecule has 1 saturated carbocycles. The van der Waals surface area contributed by atoms with Crippen molar-refractivity contribution in [2.24, 2.45) is 0 Å². The van der Waals surface area contributed by atoms with E-state index >= 15 is 0 Å². The summed E-state index contributed by atoms with van der Waals surface area (Å²) < 4.78 is 5.33. The summed E-state index contributed by atoms with van der Waals surface area (Å²) in [5, 5.41) is 16.2. The Hall–Kier alpha value is -2.04. The molecule has 1 heterocycles. The summed E-state index contributed by atoms with van der Waals surface area (Å²) in [6.07, 6.45) is 2.28. The van der Waals surface area contributed by atoms with Crippen LogP contribution in [0.1, 0.15) is 34.8 Å². The van der Waals surface area contributed by atoms with Crippen molar-refractivity contribution in [3.05, 3.63) is 23.4 Å². The molecule has 0 aliphatic heterocycles. The zero-order valence-corrected chi connectivity index (χ0v) is 9.36. The molecule has 0 radical (unpaired) electrons. The second kappa shape index (κ2) is 3.48. The van der Waals surface area contributed by atoms with Gasteiger partial charge >= 0.3 is 5.97 Å². The zero-order chi connectivity index (χ0) is 12.0. The van der Waals surface area contributed by atoms with Gasteiger partial charge in [0.05, 0.1) is 12.6 Å². The largest absolute Gasteiger partial charge is 0.496 e. The Morgan fingerprint density at radius 3 is 2.88 bits per heavy atom. The van der Waals surface area contributed by atoms with Crippen LogP contribution in [-0.4, -0.2) is 28.4 Å². The van der Waals surface area contributed by atoms with Crippen molar-refractivity contribution in [2.45, 2.75) is 18.8 Å². The highest BCUT2D eigenvalue weighted by molar-refractivity contribution is 6.01. The molecule has 0 atom stereocenters. The molecule has 17 heavy (non-hydrogen) atoms. The molecule has 0 bridgehead atoms. The van der Waals surface area contributed by atoms with Crippen LogP contribution in [0, 0.1) is 0 Å². The lowest BCUT2D eigenvalue weighted by atomic mass is 10.1. The Labute approximate surface area is 97.4 Å². The van der Waals surface area contributed by atoms with Crippen molar-refractivity contribution in [1.29, 1.82) is 0 Å². The summed E-state index contributed by atoms with van der Waals surface area (Å²) >= 11 is 0. The molecule has 88 valence electrons. The number of aromatic nitrogens is 2. The van der Waals surface area contributed by atoms with Crippen LogP contribution >= 0.6 is 0 Å². The molecule has 2 aromatic rings. The van der Waals surface area contributed by atoms with Crippen LogP contribution < -0.4 is 4.74 Å². The van der Waals surface area contributed by atoms with E-state index in [-0.39, 0.29) is 5.69 Å². The number of nitrogens with zero attached hydrogens (tertiary/aromatic N) is 1. The van der Waals surface area contributed by atoms with Crippen LogP contribution in [0.15, 0.2) is 12.1 Å². The number of rotatable bonds is 3. The predicted octanol–water partition coefficient (Wildman–Crippen LogP) is 2.15. The first-order valence-corrected chi connectivity index (χ1v) is 5.50. The smallest absolute Gasteiger partial charge is 0.357 e. The average Bonchev–Trinajstić information content (AvgIpc) is 3.07. The van der Waals surface area contributed by atoms with Gasteiger partial charge in [-0.1, -0.05) is 0 Å². The highest BCUT2D eigenvalue weighted by atomic mass is 16.5. The molecule has 1 aromatic carbocycles. The highest BCUT2D eigenvalue weighted by Gasteiger charge is 2.28. The van der Waals surface area contributed by atoms with Crippen LogP contribution in [0.4, 0.5) is 0 Å². The van der Waals surface area contributed by atoms with Gasteiger partial charge in [0.25, 0.3) is 0 Å². The predicted molar refractivity (Wildman–Crippen MR) is 61.6 cm³/mol. The lowest BCUT2D eigenvalue weighted by molar-refractivity contribution is 0.0692. The first kappa shape index (κ1) is 10.1. The molecule has 0 spiro atoms. The third-order valence-corrected chi connectivity index (χ3v) is 3.13. The molecular weight excluding hydrogens is 220 g/mol. The molecule has 1 aliphatic rings. The van der Waals surface area contributed by atoms with Crippen LogP contribution in [-0.2, 0) is 0 Å². The number of ether oxygens (including phenoxy) is 1. The number of carbonyl (C=O) groups is 1. The van der Waals surface area contributed by atoms with Gasteiger partial charge in [-0.2, -0.15) is 5.10 Å². The number of hydrogen-bond donors (Lipinski definition) is 2. The summed E-state index contributed by atoms with van der Waals surface area (Å²) in [4.78, 5) is 11.0. The molecule has 3 rings (SSSR count). The summed E-state index contributed by atoms with van der Waals surface area (Å²) in [7, 11) is 1.63. The first-order valence-electron chi connectivity index (χ1n) is 5.50. The Balaban J connectivity index is 2.24. The number of carboxylic acid groups (broad SMARTS) is 1. The van der Waals surface area contributed by atoms with E-state index in [0.717, 1.165) is 24.2 Å². The standard InChI is InChI=1S/C12H12N2O3/c1-17-10-5-9-8(4-7(10)6-2-3-6)11(12(15)16)14-13-9/h4-6H,2-3H2,1H3,(H,13,14)(H,15,16). The number of benzene rings is 1. The zero-order valence-electron chi connectivity index (χ0n) is 9.36. The number of carboxylic acids is 1. The first-order chi connectivity index (χ1) is 8.20. The molecule has 5 nitrogen and oxygen atoms in total. The second-order valence-electron chi connectivity index (χ2n) is 4.29. The Kier molecular flexibility index (Phi) is 2.07. The summed E-state index contributed by atoms with van der Waals surface area (Å²) in [5.74, 6) is 0.301. The monoisotopic (exact) mass is 232 g/mol. The van der Waals surface area contributed by atoms with Crippen molar-refractivity contribution in [3.8, 4) is 5.75 Å². The van der Waals surface area contributed by atoms with E-state index in [1.807, 2.05) is 12.1 Å². The molecule has 5 heteroatoms. The van der Waals surface area contributed by atoms with Crippen molar-refractivity contribution < 1.29 is 14.6 Å². The van der Waals surface area contributed by atoms with Crippen LogP contribution in [0.5, 0.6) is 5.75 Å². The number of aromatic carboxylic acids is 1. The van der Waals surface area contributed by atoms with E-state index in [4.69, 9.17) is 9.84 Å². The van der Waals surface area contributed by atoms with Gasteiger partial charge in [-0.25, -0.2) is 4.79 Å². The Morgan fingerprint density at radius 2 is 2.29 bits per heavy atom. The van der Waals surface area contributed by atoms with Gasteiger partial charge in [-0.3, -0.25) is 5.10 Å². The quantitative estimate of drug-likeness (QED) is 0.850. The van der Waals surface area contributed by atoms with E-state index in [1.165, 1.54) is 0 Å². The molecule has 1 fully saturated rings. The molecule has 1 aliphatic carbocycles. The summed E-state index contributed by atoms with van der Waals surface area (Å²) in [5.41, 5.74) is 1.86. The van der Waals surface area contributed by atoms with E-state index in [9.17, 15) is 4.79 Å². The Morgan fingerprint density at radius 1 is 1.53 bits per heavy atom. The molecule has 0 amide bonds. The van der Waals surface area contributed by atoms with E-state index in [1.54, 1.807) is 7.11 Å². The van der Waals surface area contributed by atoms with Crippen LogP contribution in [0.3, 0.4) is 0 Å². The number of nitrogens with one attached hydrogen (secondary N) is 1. The van der Waals surface area contributed by atoms with Crippen molar-refractivity contribution in [2.75, 3.05) is 7.11 Å². The number of methoxy groups -OCH3 is 1. The third kappa shape index (κ3) is 1.54. The van der Waals surface area contributed by atoms with Crippen molar-refractivity contribution in [1.82, 2.24) is 10.2 Å². The third-order valence-electron chi connectivity index (χ3n) is 3.13. The lowest BCUT2D eigenvalue weighted by Crippen LogP contribution is -1.97. The molecular formula is C12H12N2O3. The van der Waals surface area contributed by atoms with Gasteiger partial charge < -0.3 is 9.84 Å². The SMILES string of the molecule is COc1cc2[nH]nc(C(=O)O)c2cc1C1CC1. The van der Waals surface area contributed by atoms with Gasteiger partial charge in [-0.05, 0) is 30.4 Å². The second-order valence-corrected chi connectivity index (χ2v) is 4.29. The molecule has 0 unspecified atom stereocenters. The van der Waals surface area contributed by atoms with Crippen LogP contribution in [0.2, 0.25) is 0 Å². The van der Waals surface area contributed by atoms with Gasteiger partial charge in [0.2, 0.25) is 0 Å². The van der Waals surface area contributed by atoms with Gasteiger partial charge in [0.15, 0.2) is 5.69 Å². The number of H-pyrrole nitrogens is 1. The Bertz CT molecular complexity index is 599. The minimum atomic E-state index is -1.01. The number of fused-ring (bicyclic) bond motifs is 1. The van der Waals surface area contributed by atoms with Gasteiger partial charge in [-0.15, -0.1) is 0 Å². The molecule has 0 saturated heterocycles. The lowest BCUT2D eigenvalue weighted by Gasteiger charge is -2.07. The summed E-state index contributed by atoms with van der Waals surface area (Å²) in [6, 6.07) is 3.71. The average molecular weight is 232 g/mol. The van der Waals surface area contributed by atoms with Crippen molar-refractivity contribution >= 4 is 16.9 Å². The van der Waals surface area contributed by atoms with E-state index in [2.05, 4.69) is 10.2 Å². The van der Waals surface area contributed by atoms with Gasteiger partial charge in [0, 0.05) is 11.5 Å². The maximum absolute atomic E-state index is 11.0. The van der Waals surface area contributed by atoms with E-state index in [0.29, 0.717) is 16.8 Å². The van der Waals surface area contributed by atoms with E-state index < -0.39 is 5.97 Å². The van der Waals surface area contributed by atoms with Crippen LogP contribution in [0.25, 0.3) is 10.9 Å².